The molecule has 17 heavy (non-hydrogen) atoms. The molecule has 0 atom stereocenters. The summed E-state index contributed by atoms with van der Waals surface area (Å²) in [6, 6.07) is 0. The predicted octanol–water partition coefficient (Wildman–Crippen LogP) is 3.39. The van der Waals surface area contributed by atoms with Crippen LogP contribution in [0, 0.1) is 0 Å². The van der Waals surface area contributed by atoms with Crippen LogP contribution in [-0.2, 0) is 6.18 Å². The number of nitrogens with zero attached hydrogens (tertiary/aromatic N) is 1. The van der Waals surface area contributed by atoms with Gasteiger partial charge in [0.25, 0.3) is 6.43 Å². The Kier molecular flexibility index (Phi) is 3.56. The van der Waals surface area contributed by atoms with Gasteiger partial charge in [-0.15, -0.1) is 0 Å². The van der Waals surface area contributed by atoms with E-state index in [1.165, 1.54) is 0 Å². The molecule has 94 valence electrons. The van der Waals surface area contributed by atoms with Crippen LogP contribution in [0.3, 0.4) is 0 Å². The van der Waals surface area contributed by atoms with E-state index < -0.39 is 40.4 Å². The van der Waals surface area contributed by atoms with Crippen molar-refractivity contribution in [1.29, 1.82) is 0 Å². The van der Waals surface area contributed by atoms with Crippen LogP contribution in [0.1, 0.15) is 27.9 Å². The highest BCUT2D eigenvalue weighted by atomic mass is 35.5. The van der Waals surface area contributed by atoms with Crippen molar-refractivity contribution in [1.82, 2.24) is 4.98 Å². The summed E-state index contributed by atoms with van der Waals surface area (Å²) in [5.41, 5.74) is -4.77. The Balaban J connectivity index is 3.66. The van der Waals surface area contributed by atoms with Gasteiger partial charge in [-0.25, -0.2) is 18.6 Å². The Morgan fingerprint density at radius 2 is 1.94 bits per heavy atom. The number of hydrogen-bond acceptors (Lipinski definition) is 2. The molecule has 0 bridgehead atoms. The van der Waals surface area contributed by atoms with E-state index in [1.807, 2.05) is 0 Å². The van der Waals surface area contributed by atoms with Gasteiger partial charge in [0, 0.05) is 6.20 Å². The Bertz CT molecular complexity index is 460. The lowest BCUT2D eigenvalue weighted by Gasteiger charge is -2.13. The van der Waals surface area contributed by atoms with Gasteiger partial charge in [-0.05, 0) is 0 Å². The highest BCUT2D eigenvalue weighted by Gasteiger charge is 2.39. The highest BCUT2D eigenvalue weighted by Crippen LogP contribution is 2.38. The largest absolute Gasteiger partial charge is 0.478 e. The van der Waals surface area contributed by atoms with Gasteiger partial charge < -0.3 is 5.11 Å². The summed E-state index contributed by atoms with van der Waals surface area (Å²) in [5, 5.41) is 7.60. The lowest BCUT2D eigenvalue weighted by Crippen LogP contribution is -2.17. The molecule has 1 heterocycles. The molecule has 3 nitrogen and oxygen atoms in total. The van der Waals surface area contributed by atoms with Crippen molar-refractivity contribution in [3.8, 4) is 0 Å². The van der Waals surface area contributed by atoms with Crippen LogP contribution < -0.4 is 0 Å². The van der Waals surface area contributed by atoms with E-state index >= 15 is 0 Å². The van der Waals surface area contributed by atoms with Crippen LogP contribution in [0.4, 0.5) is 22.0 Å². The molecule has 0 unspecified atom stereocenters. The number of carbonyl (C=O) groups is 1. The molecule has 0 aliphatic carbocycles. The molecular weight excluding hydrogens is 273 g/mol. The Morgan fingerprint density at radius 1 is 1.41 bits per heavy atom. The van der Waals surface area contributed by atoms with Crippen molar-refractivity contribution in [3.63, 3.8) is 0 Å². The molecule has 0 spiro atoms. The minimum absolute atomic E-state index is 0.109. The number of alkyl halides is 5. The number of carboxylic acid groups (broad SMARTS) is 1. The van der Waals surface area contributed by atoms with Gasteiger partial charge in [-0.3, -0.25) is 0 Å². The third-order valence-electron chi connectivity index (χ3n) is 1.81. The van der Waals surface area contributed by atoms with Crippen molar-refractivity contribution < 1.29 is 31.9 Å². The molecular formula is C8H3ClF5NO2. The summed E-state index contributed by atoms with van der Waals surface area (Å²) in [6.45, 7) is 0. The second-order valence-corrected chi connectivity index (χ2v) is 3.21. The number of carboxylic acids is 1. The summed E-state index contributed by atoms with van der Waals surface area (Å²) < 4.78 is 62.1. The van der Waals surface area contributed by atoms with E-state index in [-0.39, 0.29) is 6.20 Å². The van der Waals surface area contributed by atoms with Gasteiger partial charge in [-0.2, -0.15) is 13.2 Å². The first-order chi connectivity index (χ1) is 7.66. The summed E-state index contributed by atoms with van der Waals surface area (Å²) in [7, 11) is 0. The molecule has 1 aromatic heterocycles. The molecule has 1 rings (SSSR count). The monoisotopic (exact) mass is 275 g/mol. The van der Waals surface area contributed by atoms with E-state index in [2.05, 4.69) is 4.98 Å². The average Bonchev–Trinajstić information content (AvgIpc) is 2.14. The number of pyridine rings is 1. The van der Waals surface area contributed by atoms with Gasteiger partial charge in [0.15, 0.2) is 0 Å². The lowest BCUT2D eigenvalue weighted by atomic mass is 10.0. The summed E-state index contributed by atoms with van der Waals surface area (Å²) in [6.07, 6.45) is -8.46. The van der Waals surface area contributed by atoms with Crippen LogP contribution in [0.5, 0.6) is 0 Å². The van der Waals surface area contributed by atoms with Crippen molar-refractivity contribution in [3.05, 3.63) is 28.0 Å². The second kappa shape index (κ2) is 4.44. The summed E-state index contributed by atoms with van der Waals surface area (Å²) >= 11 is 5.17. The molecule has 1 N–H and O–H groups in total. The van der Waals surface area contributed by atoms with E-state index in [9.17, 15) is 26.7 Å². The number of aromatic nitrogens is 1. The molecule has 0 amide bonds. The number of rotatable bonds is 2. The summed E-state index contributed by atoms with van der Waals surface area (Å²) in [4.78, 5) is 13.5. The van der Waals surface area contributed by atoms with Crippen LogP contribution in [-0.4, -0.2) is 16.1 Å². The fourth-order valence-electron chi connectivity index (χ4n) is 1.15. The zero-order valence-electron chi connectivity index (χ0n) is 7.73. The topological polar surface area (TPSA) is 50.2 Å². The van der Waals surface area contributed by atoms with Crippen molar-refractivity contribution in [2.45, 2.75) is 12.6 Å². The fourth-order valence-corrected chi connectivity index (χ4v) is 1.37. The average molecular weight is 276 g/mol. The zero-order chi connectivity index (χ0) is 13.4. The second-order valence-electron chi connectivity index (χ2n) is 2.85. The minimum Gasteiger partial charge on any atom is -0.478 e. The fraction of sp³-hybridized carbons (Fsp3) is 0.250. The first-order valence-corrected chi connectivity index (χ1v) is 4.31. The van der Waals surface area contributed by atoms with Gasteiger partial charge in [0.2, 0.25) is 0 Å². The van der Waals surface area contributed by atoms with Crippen LogP contribution >= 0.6 is 11.6 Å². The maximum absolute atomic E-state index is 12.5. The van der Waals surface area contributed by atoms with Gasteiger partial charge in [0.1, 0.15) is 5.15 Å². The molecule has 9 heteroatoms. The lowest BCUT2D eigenvalue weighted by molar-refractivity contribution is -0.138. The first kappa shape index (κ1) is 13.6. The Hall–Kier alpha value is -1.44. The minimum atomic E-state index is -5.10. The van der Waals surface area contributed by atoms with E-state index in [0.717, 1.165) is 0 Å². The van der Waals surface area contributed by atoms with Crippen molar-refractivity contribution in [2.75, 3.05) is 0 Å². The third-order valence-corrected chi connectivity index (χ3v) is 2.11. The van der Waals surface area contributed by atoms with Crippen LogP contribution in [0.15, 0.2) is 6.20 Å². The molecule has 0 aliphatic heterocycles. The molecule has 0 aromatic carbocycles. The molecule has 0 saturated carbocycles. The summed E-state index contributed by atoms with van der Waals surface area (Å²) in [5.74, 6) is -2.14. The molecule has 0 fully saturated rings. The van der Waals surface area contributed by atoms with E-state index in [0.29, 0.717) is 0 Å². The maximum Gasteiger partial charge on any atom is 0.418 e. The standard InChI is InChI=1S/C8H3ClF5NO2/c9-5-4(6(10)11)3(7(16)17)2(1-15-5)8(12,13)14/h1,6H,(H,16,17). The third kappa shape index (κ3) is 2.63. The smallest absolute Gasteiger partial charge is 0.418 e. The number of halogens is 6. The van der Waals surface area contributed by atoms with E-state index in [1.54, 1.807) is 0 Å². The highest BCUT2D eigenvalue weighted by molar-refractivity contribution is 6.30. The molecule has 0 radical (unpaired) electrons. The first-order valence-electron chi connectivity index (χ1n) is 3.93. The normalized spacial score (nSPS) is 11.9. The van der Waals surface area contributed by atoms with Gasteiger partial charge >= 0.3 is 12.1 Å². The predicted molar refractivity (Wildman–Crippen MR) is 46.2 cm³/mol. The number of aromatic carboxylic acids is 1. The number of hydrogen-bond donors (Lipinski definition) is 1. The molecule has 1 aromatic rings. The van der Waals surface area contributed by atoms with Gasteiger partial charge in [0.05, 0.1) is 16.7 Å². The molecule has 0 aliphatic rings. The van der Waals surface area contributed by atoms with Crippen LogP contribution in [0.2, 0.25) is 5.15 Å². The molecule has 0 saturated heterocycles. The van der Waals surface area contributed by atoms with Gasteiger partial charge in [-0.1, -0.05) is 11.6 Å². The van der Waals surface area contributed by atoms with Crippen molar-refractivity contribution in [2.24, 2.45) is 0 Å². The zero-order valence-corrected chi connectivity index (χ0v) is 8.48. The Morgan fingerprint density at radius 3 is 2.29 bits per heavy atom. The SMILES string of the molecule is O=C(O)c1c(C(F)(F)F)cnc(Cl)c1C(F)F. The quantitative estimate of drug-likeness (QED) is 0.665. The maximum atomic E-state index is 12.5. The van der Waals surface area contributed by atoms with Crippen LogP contribution in [0.25, 0.3) is 0 Å². The Labute approximate surface area is 95.8 Å². The van der Waals surface area contributed by atoms with E-state index in [4.69, 9.17) is 16.7 Å². The van der Waals surface area contributed by atoms with Crippen molar-refractivity contribution >= 4 is 17.6 Å².